The number of carboxylic acid groups (broad SMARTS) is 1. The summed E-state index contributed by atoms with van der Waals surface area (Å²) in [6.07, 6.45) is 6.30. The number of thiazole rings is 1. The number of amides is 1. The van der Waals surface area contributed by atoms with Gasteiger partial charge in [-0.2, -0.15) is 0 Å². The highest BCUT2D eigenvalue weighted by Crippen LogP contribution is 2.25. The van der Waals surface area contributed by atoms with E-state index >= 15 is 0 Å². The third-order valence-corrected chi connectivity index (χ3v) is 4.91. The summed E-state index contributed by atoms with van der Waals surface area (Å²) in [7, 11) is 0. The monoisotopic (exact) mass is 318 g/mol. The highest BCUT2D eigenvalue weighted by molar-refractivity contribution is 7.15. The third kappa shape index (κ3) is 2.76. The van der Waals surface area contributed by atoms with Gasteiger partial charge in [0.1, 0.15) is 0 Å². The Bertz CT molecular complexity index is 746. The van der Waals surface area contributed by atoms with Gasteiger partial charge >= 0.3 is 0 Å². The fourth-order valence-electron chi connectivity index (χ4n) is 2.70. The van der Waals surface area contributed by atoms with E-state index in [0.717, 1.165) is 16.3 Å². The van der Waals surface area contributed by atoms with Crippen LogP contribution >= 0.6 is 11.3 Å². The molecule has 0 unspecified atom stereocenters. The molecule has 1 aliphatic rings. The molecule has 0 saturated heterocycles. The molecule has 0 radical (unpaired) electrons. The molecule has 1 N–H and O–H groups in total. The number of aromatic nitrogens is 2. The van der Waals surface area contributed by atoms with E-state index in [9.17, 15) is 14.7 Å². The predicted molar refractivity (Wildman–Crippen MR) is 80.0 cm³/mol. The summed E-state index contributed by atoms with van der Waals surface area (Å²) in [6.45, 7) is 2.29. The second-order valence-corrected chi connectivity index (χ2v) is 6.29. The second-order valence-electron chi connectivity index (χ2n) is 5.45. The SMILES string of the molecule is Cc1csc2nc(CNC(=O)[C@@H]3CC=CC[C@H]3C(=O)[O-])cn12. The Labute approximate surface area is 131 Å². The standard InChI is InChI=1S/C15H17N3O3S/c1-9-8-22-15-17-10(7-18(9)15)6-16-13(19)11-4-2-3-5-12(11)14(20)21/h2-3,7-8,11-12H,4-6H2,1H3,(H,16,19)(H,20,21)/p-1/t11-,12-/m1/s1. The molecule has 0 saturated carbocycles. The van der Waals surface area contributed by atoms with Gasteiger partial charge in [0, 0.05) is 35.1 Å². The summed E-state index contributed by atoms with van der Waals surface area (Å²) < 4.78 is 1.97. The zero-order valence-corrected chi connectivity index (χ0v) is 12.9. The molecule has 7 heteroatoms. The number of rotatable bonds is 4. The molecule has 2 aromatic rings. The molecule has 22 heavy (non-hydrogen) atoms. The number of nitrogens with zero attached hydrogens (tertiary/aromatic N) is 2. The molecule has 6 nitrogen and oxygen atoms in total. The fraction of sp³-hybridized carbons (Fsp3) is 0.400. The van der Waals surface area contributed by atoms with E-state index in [2.05, 4.69) is 10.3 Å². The Morgan fingerprint density at radius 2 is 2.14 bits per heavy atom. The first-order valence-electron chi connectivity index (χ1n) is 7.12. The lowest BCUT2D eigenvalue weighted by atomic mass is 9.82. The molecule has 2 atom stereocenters. The normalized spacial score (nSPS) is 21.1. The number of fused-ring (bicyclic) bond motifs is 1. The number of imidazole rings is 1. The first-order chi connectivity index (χ1) is 10.6. The van der Waals surface area contributed by atoms with E-state index in [1.54, 1.807) is 17.4 Å². The summed E-state index contributed by atoms with van der Waals surface area (Å²) >= 11 is 1.55. The van der Waals surface area contributed by atoms with Crippen LogP contribution in [-0.4, -0.2) is 21.3 Å². The van der Waals surface area contributed by atoms with Crippen molar-refractivity contribution < 1.29 is 14.7 Å². The molecular formula is C15H16N3O3S-. The van der Waals surface area contributed by atoms with Crippen LogP contribution in [0.2, 0.25) is 0 Å². The lowest BCUT2D eigenvalue weighted by molar-refractivity contribution is -0.313. The molecule has 1 amide bonds. The molecule has 2 heterocycles. The van der Waals surface area contributed by atoms with Crippen LogP contribution in [-0.2, 0) is 16.1 Å². The van der Waals surface area contributed by atoms with E-state index in [1.807, 2.05) is 29.0 Å². The van der Waals surface area contributed by atoms with Crippen molar-refractivity contribution in [1.82, 2.24) is 14.7 Å². The van der Waals surface area contributed by atoms with Gasteiger partial charge < -0.3 is 15.2 Å². The zero-order valence-electron chi connectivity index (χ0n) is 12.1. The molecule has 0 aromatic carbocycles. The van der Waals surface area contributed by atoms with E-state index < -0.39 is 17.8 Å². The number of carbonyl (C=O) groups is 2. The Morgan fingerprint density at radius 3 is 2.82 bits per heavy atom. The van der Waals surface area contributed by atoms with Gasteiger partial charge in [0.15, 0.2) is 4.96 Å². The van der Waals surface area contributed by atoms with Crippen molar-refractivity contribution in [1.29, 1.82) is 0 Å². The van der Waals surface area contributed by atoms with Crippen molar-refractivity contribution in [2.24, 2.45) is 11.8 Å². The van der Waals surface area contributed by atoms with Gasteiger partial charge in [-0.05, 0) is 19.8 Å². The van der Waals surface area contributed by atoms with Crippen LogP contribution in [0.1, 0.15) is 24.2 Å². The molecule has 3 rings (SSSR count). The molecule has 0 aliphatic heterocycles. The van der Waals surface area contributed by atoms with Crippen LogP contribution in [0.15, 0.2) is 23.7 Å². The number of nitrogens with one attached hydrogen (secondary N) is 1. The van der Waals surface area contributed by atoms with E-state index in [0.29, 0.717) is 19.4 Å². The highest BCUT2D eigenvalue weighted by atomic mass is 32.1. The minimum absolute atomic E-state index is 0.258. The lowest BCUT2D eigenvalue weighted by Gasteiger charge is -2.28. The Kier molecular flexibility index (Phi) is 3.98. The number of aliphatic carboxylic acids is 1. The van der Waals surface area contributed by atoms with Crippen LogP contribution in [0.4, 0.5) is 0 Å². The van der Waals surface area contributed by atoms with Crippen molar-refractivity contribution in [3.05, 3.63) is 35.1 Å². The number of hydrogen-bond acceptors (Lipinski definition) is 5. The molecule has 0 fully saturated rings. The van der Waals surface area contributed by atoms with Crippen LogP contribution < -0.4 is 10.4 Å². The van der Waals surface area contributed by atoms with Gasteiger partial charge in [-0.3, -0.25) is 9.20 Å². The quantitative estimate of drug-likeness (QED) is 0.839. The summed E-state index contributed by atoms with van der Waals surface area (Å²) in [4.78, 5) is 28.7. The molecule has 0 spiro atoms. The number of aryl methyl sites for hydroxylation is 1. The number of carbonyl (C=O) groups excluding carboxylic acids is 2. The van der Waals surface area contributed by atoms with Crippen LogP contribution in [0.25, 0.3) is 4.96 Å². The summed E-state index contributed by atoms with van der Waals surface area (Å²) in [5.74, 6) is -2.74. The summed E-state index contributed by atoms with van der Waals surface area (Å²) in [6, 6.07) is 0. The van der Waals surface area contributed by atoms with Crippen molar-refractivity contribution in [2.45, 2.75) is 26.3 Å². The molecular weight excluding hydrogens is 302 g/mol. The van der Waals surface area contributed by atoms with E-state index in [1.165, 1.54) is 0 Å². The van der Waals surface area contributed by atoms with Gasteiger partial charge in [0.25, 0.3) is 0 Å². The minimum atomic E-state index is -1.16. The Balaban J connectivity index is 1.66. The van der Waals surface area contributed by atoms with Gasteiger partial charge in [-0.25, -0.2) is 4.98 Å². The summed E-state index contributed by atoms with van der Waals surface area (Å²) in [5.41, 5.74) is 1.86. The van der Waals surface area contributed by atoms with Gasteiger partial charge in [-0.1, -0.05) is 12.2 Å². The first-order valence-corrected chi connectivity index (χ1v) is 8.00. The Morgan fingerprint density at radius 1 is 1.41 bits per heavy atom. The molecule has 2 aromatic heterocycles. The zero-order chi connectivity index (χ0) is 15.7. The van der Waals surface area contributed by atoms with Gasteiger partial charge in [-0.15, -0.1) is 11.3 Å². The van der Waals surface area contributed by atoms with Gasteiger partial charge in [0.05, 0.1) is 12.2 Å². The molecule has 0 bridgehead atoms. The van der Waals surface area contributed by atoms with Crippen molar-refractivity contribution in [3.8, 4) is 0 Å². The van der Waals surface area contributed by atoms with Gasteiger partial charge in [0.2, 0.25) is 5.91 Å². The van der Waals surface area contributed by atoms with Crippen molar-refractivity contribution in [3.63, 3.8) is 0 Å². The first kappa shape index (κ1) is 14.8. The van der Waals surface area contributed by atoms with E-state index in [4.69, 9.17) is 0 Å². The third-order valence-electron chi connectivity index (χ3n) is 3.95. The molecule has 1 aliphatic carbocycles. The summed E-state index contributed by atoms with van der Waals surface area (Å²) in [5, 5.41) is 15.9. The van der Waals surface area contributed by atoms with Crippen LogP contribution in [0.3, 0.4) is 0 Å². The maximum absolute atomic E-state index is 12.2. The maximum atomic E-state index is 12.2. The Hall–Kier alpha value is -2.15. The van der Waals surface area contributed by atoms with E-state index in [-0.39, 0.29) is 5.91 Å². The van der Waals surface area contributed by atoms with Crippen LogP contribution in [0, 0.1) is 18.8 Å². The predicted octanol–water partition coefficient (Wildman–Crippen LogP) is 0.653. The smallest absolute Gasteiger partial charge is 0.224 e. The van der Waals surface area contributed by atoms with Crippen LogP contribution in [0.5, 0.6) is 0 Å². The lowest BCUT2D eigenvalue weighted by Crippen LogP contribution is -2.43. The number of carboxylic acids is 1. The number of hydrogen-bond donors (Lipinski definition) is 1. The maximum Gasteiger partial charge on any atom is 0.224 e. The average Bonchev–Trinajstić information content (AvgIpc) is 3.07. The number of allylic oxidation sites excluding steroid dienone is 2. The van der Waals surface area contributed by atoms with Crippen molar-refractivity contribution in [2.75, 3.05) is 0 Å². The average molecular weight is 318 g/mol. The minimum Gasteiger partial charge on any atom is -0.550 e. The second kappa shape index (κ2) is 5.92. The molecule has 116 valence electrons. The topological polar surface area (TPSA) is 86.5 Å². The highest BCUT2D eigenvalue weighted by Gasteiger charge is 2.29. The largest absolute Gasteiger partial charge is 0.550 e. The fourth-order valence-corrected chi connectivity index (χ4v) is 3.57. The van der Waals surface area contributed by atoms with Crippen molar-refractivity contribution >= 4 is 28.2 Å².